The molecule has 0 saturated heterocycles. The van der Waals surface area contributed by atoms with Crippen molar-refractivity contribution >= 4 is 45.7 Å². The maximum absolute atomic E-state index is 10.7. The molecule has 0 atom stereocenters. The van der Waals surface area contributed by atoms with Crippen LogP contribution in [0.1, 0.15) is 24.0 Å². The van der Waals surface area contributed by atoms with Gasteiger partial charge in [0.2, 0.25) is 0 Å². The first-order chi connectivity index (χ1) is 15.3. The van der Waals surface area contributed by atoms with Gasteiger partial charge in [0.1, 0.15) is 11.5 Å². The molecule has 0 bridgehead atoms. The Hall–Kier alpha value is 0.0748. The van der Waals surface area contributed by atoms with Crippen LogP contribution in [0.3, 0.4) is 0 Å². The zero-order valence-corrected chi connectivity index (χ0v) is 22.4. The molecule has 0 saturated carbocycles. The van der Waals surface area contributed by atoms with Crippen LogP contribution in [0.25, 0.3) is 11.1 Å². The van der Waals surface area contributed by atoms with E-state index < -0.39 is 10.1 Å². The summed E-state index contributed by atoms with van der Waals surface area (Å²) >= 11 is 4.05. The molecule has 178 valence electrons. The number of phenolic OH excluding ortho intramolecular Hbond substituents is 2. The summed E-state index contributed by atoms with van der Waals surface area (Å²) in [5.74, 6) is 3.03. The Morgan fingerprint density at radius 1 is 0.824 bits per heavy atom. The number of hydrogen-bond donors (Lipinski definition) is 2. The third-order valence-corrected chi connectivity index (χ3v) is 7.86. The predicted molar refractivity (Wildman–Crippen MR) is 126 cm³/mol. The van der Waals surface area contributed by atoms with E-state index in [1.54, 1.807) is 30.0 Å². The van der Waals surface area contributed by atoms with Gasteiger partial charge in [0.15, 0.2) is 0 Å². The average molecular weight is 535 g/mol. The van der Waals surface area contributed by atoms with Crippen molar-refractivity contribution in [2.75, 3.05) is 23.0 Å². The number of hydrogen-bond acceptors (Lipinski definition) is 11. The number of thioether (sulfide) groups is 2. The summed E-state index contributed by atoms with van der Waals surface area (Å²) in [5.41, 5.74) is 3.29. The summed E-state index contributed by atoms with van der Waals surface area (Å²) in [6, 6.07) is 10.6. The maximum atomic E-state index is 10.7. The van der Waals surface area contributed by atoms with Gasteiger partial charge in [-0.1, -0.05) is 12.1 Å². The van der Waals surface area contributed by atoms with Crippen LogP contribution in [0.5, 0.6) is 11.5 Å². The van der Waals surface area contributed by atoms with Crippen LogP contribution in [0.2, 0.25) is 0 Å². The normalized spacial score (nSPS) is 11.0. The van der Waals surface area contributed by atoms with Gasteiger partial charge in [-0.2, -0.15) is 27.9 Å². The van der Waals surface area contributed by atoms with Crippen LogP contribution in [0.15, 0.2) is 36.4 Å². The van der Waals surface area contributed by atoms with Crippen LogP contribution >= 0.6 is 35.6 Å². The van der Waals surface area contributed by atoms with E-state index in [-0.39, 0.29) is 61.4 Å². The minimum absolute atomic E-state index is 0. The number of aromatic hydroxyl groups is 2. The smallest absolute Gasteiger partial charge is 0.748 e. The first-order valence-corrected chi connectivity index (χ1v) is 14.4. The van der Waals surface area contributed by atoms with Crippen LogP contribution in [0, 0.1) is 0 Å². The van der Waals surface area contributed by atoms with Crippen LogP contribution < -0.4 is 43.0 Å². The van der Waals surface area contributed by atoms with Crippen LogP contribution in [-0.4, -0.2) is 46.2 Å². The molecule has 0 unspecified atom stereocenters. The van der Waals surface area contributed by atoms with Crippen molar-refractivity contribution in [1.82, 2.24) is 0 Å². The Morgan fingerprint density at radius 2 is 1.32 bits per heavy atom. The molecule has 0 radical (unpaired) electrons. The molecular weight excluding hydrogens is 510 g/mol. The Balaban J connectivity index is 0.00000544. The van der Waals surface area contributed by atoms with Gasteiger partial charge in [0.05, 0.1) is 10.1 Å². The molecule has 0 amide bonds. The maximum Gasteiger partial charge on any atom is 1.00 e. The van der Waals surface area contributed by atoms with Crippen molar-refractivity contribution in [3.8, 4) is 22.6 Å². The molecule has 0 heterocycles. The largest absolute Gasteiger partial charge is 1.00 e. The minimum Gasteiger partial charge on any atom is -0.748 e. The van der Waals surface area contributed by atoms with E-state index in [1.165, 1.54) is 11.8 Å². The first kappa shape index (κ1) is 34.1. The van der Waals surface area contributed by atoms with Crippen molar-refractivity contribution in [3.05, 3.63) is 47.5 Å². The Kier molecular flexibility index (Phi) is 18.4. The van der Waals surface area contributed by atoms with E-state index in [0.717, 1.165) is 40.9 Å². The van der Waals surface area contributed by atoms with Gasteiger partial charge in [-0.05, 0) is 59.7 Å². The van der Waals surface area contributed by atoms with Crippen LogP contribution in [0.4, 0.5) is 0 Å². The second kappa shape index (κ2) is 18.3. The summed E-state index contributed by atoms with van der Waals surface area (Å²) in [4.78, 5) is 0. The summed E-state index contributed by atoms with van der Waals surface area (Å²) < 4.78 is 36.2. The van der Waals surface area contributed by atoms with Crippen molar-refractivity contribution in [2.24, 2.45) is 0 Å². The second-order valence-electron chi connectivity index (χ2n) is 6.72. The number of phenols is 2. The molecule has 0 aliphatic carbocycles. The van der Waals surface area contributed by atoms with E-state index >= 15 is 0 Å². The van der Waals surface area contributed by atoms with Crippen LogP contribution in [-0.2, 0) is 31.0 Å². The summed E-state index contributed by atoms with van der Waals surface area (Å²) in [7, 11) is -4.20. The molecule has 0 aliphatic heterocycles. The van der Waals surface area contributed by atoms with Gasteiger partial charge in [0, 0.05) is 46.2 Å². The second-order valence-corrected chi connectivity index (χ2v) is 11.2. The summed E-state index contributed by atoms with van der Waals surface area (Å²) in [6.45, 7) is 0. The fraction of sp³-hybridized carbons (Fsp3) is 0.400. The fourth-order valence-corrected chi connectivity index (χ4v) is 5.86. The fourth-order valence-electron chi connectivity index (χ4n) is 2.74. The van der Waals surface area contributed by atoms with Crippen molar-refractivity contribution in [1.29, 1.82) is 0 Å². The zero-order valence-electron chi connectivity index (χ0n) is 19.1. The molecule has 0 spiro atoms. The molecule has 8 nitrogen and oxygen atoms in total. The Labute approximate surface area is 237 Å². The quantitative estimate of drug-likeness (QED) is 0.0623. The van der Waals surface area contributed by atoms with Gasteiger partial charge >= 0.3 is 37.7 Å². The SMILES string of the molecule is O=S(=O)([O-])CCCSCc1cc(-c2ccc(O)c(CSCCCSOO[O-])c2)ccc1O.[Li+].[Li+]. The molecule has 0 aliphatic rings. The van der Waals surface area contributed by atoms with Gasteiger partial charge in [-0.25, -0.2) is 8.42 Å². The number of benzene rings is 2. The molecular formula is C20H24Li2O8S4. The van der Waals surface area contributed by atoms with Gasteiger partial charge in [-0.15, -0.1) is 0 Å². The van der Waals surface area contributed by atoms with Gasteiger partial charge < -0.3 is 20.0 Å². The average Bonchev–Trinajstić information content (AvgIpc) is 2.74. The Bertz CT molecular complexity index is 964. The van der Waals surface area contributed by atoms with Gasteiger partial charge in [-0.3, -0.25) is 5.04 Å². The third kappa shape index (κ3) is 13.4. The first-order valence-electron chi connectivity index (χ1n) is 9.61. The van der Waals surface area contributed by atoms with Crippen molar-refractivity contribution < 1.29 is 75.5 Å². The van der Waals surface area contributed by atoms with E-state index in [4.69, 9.17) is 0 Å². The van der Waals surface area contributed by atoms with E-state index in [0.29, 0.717) is 28.6 Å². The zero-order chi connectivity index (χ0) is 23.4. The topological polar surface area (TPSA) is 139 Å². The predicted octanol–water partition coefficient (Wildman–Crippen LogP) is -2.56. The molecule has 14 heteroatoms. The van der Waals surface area contributed by atoms with Gasteiger partial charge in [0.25, 0.3) is 0 Å². The molecule has 2 aromatic rings. The van der Waals surface area contributed by atoms with E-state index in [2.05, 4.69) is 9.37 Å². The molecule has 0 aromatic heterocycles. The van der Waals surface area contributed by atoms with Crippen molar-refractivity contribution in [3.63, 3.8) is 0 Å². The Morgan fingerprint density at radius 3 is 1.79 bits per heavy atom. The summed E-state index contributed by atoms with van der Waals surface area (Å²) in [6.07, 6.45) is 1.09. The molecule has 2 rings (SSSR count). The third-order valence-electron chi connectivity index (χ3n) is 4.28. The minimum atomic E-state index is -4.20. The molecule has 34 heavy (non-hydrogen) atoms. The van der Waals surface area contributed by atoms with E-state index in [1.807, 2.05) is 18.2 Å². The van der Waals surface area contributed by atoms with Crippen molar-refractivity contribution in [2.45, 2.75) is 24.3 Å². The molecule has 2 N–H and O–H groups in total. The summed E-state index contributed by atoms with van der Waals surface area (Å²) in [5, 5.41) is 33.3. The monoisotopic (exact) mass is 534 g/mol. The molecule has 2 aromatic carbocycles. The van der Waals surface area contributed by atoms with E-state index in [9.17, 15) is 28.4 Å². The number of rotatable bonds is 15. The molecule has 0 fully saturated rings. The standard InChI is InChI=1S/C20H26O8S4.2Li/c21-19-5-3-15(11-17(19)13-29-7-1-9-31-28-27-23)16-4-6-20(22)18(12-16)14-30-8-2-10-32(24,25)26;;/h3-6,11-12,21-23H,1-2,7-10,13-14H2,(H,24,25,26);;/q;2*+1/p-2.